The normalized spacial score (nSPS) is 12.6. The first-order valence-corrected chi connectivity index (χ1v) is 9.23. The Labute approximate surface area is 145 Å². The van der Waals surface area contributed by atoms with E-state index in [0.717, 1.165) is 6.26 Å². The molecule has 0 unspecified atom stereocenters. The Balaban J connectivity index is 2.04. The molecule has 3 N–H and O–H groups in total. The molecule has 25 heavy (non-hydrogen) atoms. The summed E-state index contributed by atoms with van der Waals surface area (Å²) < 4.78 is 24.3. The van der Waals surface area contributed by atoms with Crippen molar-refractivity contribution in [3.05, 3.63) is 48.7 Å². The summed E-state index contributed by atoms with van der Waals surface area (Å²) in [6, 6.07) is 7.38. The summed E-state index contributed by atoms with van der Waals surface area (Å²) in [6.45, 7) is 3.42. The van der Waals surface area contributed by atoms with Crippen LogP contribution in [0.25, 0.3) is 5.57 Å². The van der Waals surface area contributed by atoms with Gasteiger partial charge in [0.05, 0.1) is 24.2 Å². The summed E-state index contributed by atoms with van der Waals surface area (Å²) >= 11 is 0. The van der Waals surface area contributed by atoms with Gasteiger partial charge in [-0.15, -0.1) is 0 Å². The maximum absolute atomic E-state index is 12.2. The zero-order chi connectivity index (χ0) is 18.6. The van der Waals surface area contributed by atoms with Crippen molar-refractivity contribution in [2.75, 3.05) is 18.2 Å². The second-order valence-electron chi connectivity index (χ2n) is 5.49. The zero-order valence-electron chi connectivity index (χ0n) is 13.6. The van der Waals surface area contributed by atoms with Gasteiger partial charge in [-0.25, -0.2) is 8.42 Å². The molecule has 2 rings (SSSR count). The number of aliphatic hydroxyl groups excluding tert-OH is 2. The first-order chi connectivity index (χ1) is 11.7. The lowest BCUT2D eigenvalue weighted by Crippen LogP contribution is -2.20. The molecule has 0 saturated carbocycles. The largest absolute Gasteiger partial charge is 0.394 e. The fraction of sp³-hybridized carbons (Fsp3) is 0.250. The molecule has 1 aromatic carbocycles. The van der Waals surface area contributed by atoms with Crippen molar-refractivity contribution in [3.63, 3.8) is 0 Å². The molecule has 1 amide bonds. The summed E-state index contributed by atoms with van der Waals surface area (Å²) in [4.78, 5) is 12.4. The Bertz CT molecular complexity index is 871. The van der Waals surface area contributed by atoms with Gasteiger partial charge in [-0.05, 0) is 17.7 Å². The fourth-order valence-electron chi connectivity index (χ4n) is 2.03. The van der Waals surface area contributed by atoms with Crippen LogP contribution in [0.2, 0.25) is 0 Å². The second kappa shape index (κ2) is 7.60. The van der Waals surface area contributed by atoms with E-state index < -0.39 is 21.8 Å². The van der Waals surface area contributed by atoms with Crippen molar-refractivity contribution in [3.8, 4) is 0 Å². The van der Waals surface area contributed by atoms with Gasteiger partial charge in [0.1, 0.15) is 0 Å². The first-order valence-electron chi connectivity index (χ1n) is 7.34. The lowest BCUT2D eigenvalue weighted by molar-refractivity contribution is -0.111. The van der Waals surface area contributed by atoms with Crippen molar-refractivity contribution in [2.45, 2.75) is 17.5 Å². The monoisotopic (exact) mass is 365 g/mol. The number of rotatable bonds is 7. The Kier molecular flexibility index (Phi) is 5.73. The molecule has 1 atom stereocenters. The van der Waals surface area contributed by atoms with Crippen molar-refractivity contribution >= 4 is 27.1 Å². The SMILES string of the molecule is C=C(C(=O)Nc1ccn(C[C@H](O)CO)n1)c1ccc(S(C)(=O)=O)cc1. The topological polar surface area (TPSA) is 122 Å². The highest BCUT2D eigenvalue weighted by Crippen LogP contribution is 2.18. The Morgan fingerprint density at radius 3 is 2.52 bits per heavy atom. The van der Waals surface area contributed by atoms with Crippen LogP contribution in [0.5, 0.6) is 0 Å². The molecule has 2 aromatic rings. The quantitative estimate of drug-likeness (QED) is 0.607. The summed E-state index contributed by atoms with van der Waals surface area (Å²) in [5.74, 6) is -0.218. The first kappa shape index (κ1) is 18.8. The van der Waals surface area contributed by atoms with Crippen LogP contribution in [0.1, 0.15) is 5.56 Å². The number of amides is 1. The molecule has 1 aromatic heterocycles. The maximum atomic E-state index is 12.2. The number of anilines is 1. The lowest BCUT2D eigenvalue weighted by Gasteiger charge is -2.08. The van der Waals surface area contributed by atoms with E-state index >= 15 is 0 Å². The average Bonchev–Trinajstić information content (AvgIpc) is 3.00. The highest BCUT2D eigenvalue weighted by molar-refractivity contribution is 7.90. The number of nitrogens with zero attached hydrogens (tertiary/aromatic N) is 2. The van der Waals surface area contributed by atoms with Crippen LogP contribution >= 0.6 is 0 Å². The number of sulfone groups is 1. The number of hydrogen-bond acceptors (Lipinski definition) is 6. The molecule has 0 aliphatic heterocycles. The average molecular weight is 365 g/mol. The third-order valence-corrected chi connectivity index (χ3v) is 4.52. The van der Waals surface area contributed by atoms with Crippen LogP contribution in [0.15, 0.2) is 48.0 Å². The minimum atomic E-state index is -3.30. The van der Waals surface area contributed by atoms with E-state index in [1.54, 1.807) is 12.3 Å². The van der Waals surface area contributed by atoms with E-state index in [1.165, 1.54) is 28.9 Å². The molecule has 0 saturated heterocycles. The Morgan fingerprint density at radius 2 is 1.96 bits per heavy atom. The number of hydrogen-bond donors (Lipinski definition) is 3. The summed E-state index contributed by atoms with van der Waals surface area (Å²) in [7, 11) is -3.30. The van der Waals surface area contributed by atoms with Gasteiger partial charge in [0.15, 0.2) is 15.7 Å². The van der Waals surface area contributed by atoms with Crippen LogP contribution in [0.4, 0.5) is 5.82 Å². The van der Waals surface area contributed by atoms with Gasteiger partial charge in [0, 0.05) is 24.1 Å². The predicted molar refractivity (Wildman–Crippen MR) is 92.5 cm³/mol. The molecule has 0 fully saturated rings. The van der Waals surface area contributed by atoms with Gasteiger partial charge in [0.2, 0.25) is 0 Å². The van der Waals surface area contributed by atoms with E-state index in [-0.39, 0.29) is 29.4 Å². The van der Waals surface area contributed by atoms with Crippen LogP contribution in [-0.4, -0.2) is 53.3 Å². The summed E-state index contributed by atoms with van der Waals surface area (Å²) in [5, 5.41) is 24.8. The highest BCUT2D eigenvalue weighted by atomic mass is 32.2. The van der Waals surface area contributed by atoms with Gasteiger partial charge in [-0.2, -0.15) is 5.10 Å². The van der Waals surface area contributed by atoms with Gasteiger partial charge in [0.25, 0.3) is 5.91 Å². The van der Waals surface area contributed by atoms with Crippen LogP contribution in [0.3, 0.4) is 0 Å². The van der Waals surface area contributed by atoms with Crippen molar-refractivity contribution in [1.82, 2.24) is 9.78 Å². The van der Waals surface area contributed by atoms with E-state index in [1.807, 2.05) is 0 Å². The van der Waals surface area contributed by atoms with E-state index in [2.05, 4.69) is 17.0 Å². The van der Waals surface area contributed by atoms with Gasteiger partial charge in [-0.1, -0.05) is 18.7 Å². The number of aliphatic hydroxyl groups is 2. The third kappa shape index (κ3) is 4.99. The molecule has 1 heterocycles. The molecule has 0 bridgehead atoms. The van der Waals surface area contributed by atoms with E-state index in [0.29, 0.717) is 5.56 Å². The number of benzene rings is 1. The summed E-state index contributed by atoms with van der Waals surface area (Å²) in [5.41, 5.74) is 0.644. The number of carbonyl (C=O) groups is 1. The molecule has 0 aliphatic carbocycles. The molecular weight excluding hydrogens is 346 g/mol. The molecule has 0 spiro atoms. The minimum absolute atomic E-state index is 0.0975. The lowest BCUT2D eigenvalue weighted by atomic mass is 10.1. The fourth-order valence-corrected chi connectivity index (χ4v) is 2.66. The molecule has 0 radical (unpaired) electrons. The number of carbonyl (C=O) groups excluding carboxylic acids is 1. The molecule has 134 valence electrons. The standard InChI is InChI=1S/C16H19N3O5S/c1-11(12-3-5-14(6-4-12)25(2,23)24)16(22)17-15-7-8-19(18-15)9-13(21)10-20/h3-8,13,20-21H,1,9-10H2,2H3,(H,17,18,22)/t13-/m0/s1. The zero-order valence-corrected chi connectivity index (χ0v) is 14.4. The maximum Gasteiger partial charge on any atom is 0.256 e. The second-order valence-corrected chi connectivity index (χ2v) is 7.50. The highest BCUT2D eigenvalue weighted by Gasteiger charge is 2.13. The van der Waals surface area contributed by atoms with Crippen LogP contribution < -0.4 is 5.32 Å². The van der Waals surface area contributed by atoms with Crippen molar-refractivity contribution < 1.29 is 23.4 Å². The van der Waals surface area contributed by atoms with Crippen LogP contribution in [0, 0.1) is 0 Å². The number of aromatic nitrogens is 2. The predicted octanol–water partition coefficient (Wildman–Crippen LogP) is 0.292. The van der Waals surface area contributed by atoms with Crippen LogP contribution in [-0.2, 0) is 21.2 Å². The number of nitrogens with one attached hydrogen (secondary N) is 1. The molecule has 9 heteroatoms. The molecular formula is C16H19N3O5S. The van der Waals surface area contributed by atoms with Gasteiger partial charge in [-0.3, -0.25) is 9.48 Å². The Hall–Kier alpha value is -2.49. The van der Waals surface area contributed by atoms with E-state index in [4.69, 9.17) is 5.11 Å². The van der Waals surface area contributed by atoms with Gasteiger partial charge < -0.3 is 15.5 Å². The smallest absolute Gasteiger partial charge is 0.256 e. The van der Waals surface area contributed by atoms with Crippen molar-refractivity contribution in [2.24, 2.45) is 0 Å². The van der Waals surface area contributed by atoms with Gasteiger partial charge >= 0.3 is 0 Å². The Morgan fingerprint density at radius 1 is 1.32 bits per heavy atom. The minimum Gasteiger partial charge on any atom is -0.394 e. The summed E-state index contributed by atoms with van der Waals surface area (Å²) in [6.07, 6.45) is 1.72. The molecule has 8 nitrogen and oxygen atoms in total. The van der Waals surface area contributed by atoms with E-state index in [9.17, 15) is 18.3 Å². The molecule has 0 aliphatic rings. The van der Waals surface area contributed by atoms with Crippen molar-refractivity contribution in [1.29, 1.82) is 0 Å². The third-order valence-electron chi connectivity index (χ3n) is 3.40.